The lowest BCUT2D eigenvalue weighted by molar-refractivity contribution is 0.602. The molecule has 1 unspecified atom stereocenters. The zero-order valence-corrected chi connectivity index (χ0v) is 10.5. The second kappa shape index (κ2) is 4.80. The molecule has 0 fully saturated rings. The van der Waals surface area contributed by atoms with E-state index in [1.54, 1.807) is 11.3 Å². The van der Waals surface area contributed by atoms with Gasteiger partial charge in [-0.25, -0.2) is 0 Å². The van der Waals surface area contributed by atoms with E-state index >= 15 is 0 Å². The predicted molar refractivity (Wildman–Crippen MR) is 67.6 cm³/mol. The highest BCUT2D eigenvalue weighted by molar-refractivity contribution is 7.08. The first-order valence-corrected chi connectivity index (χ1v) is 6.47. The molecular formula is C12H17N3S. The molecule has 0 aliphatic carbocycles. The average molecular weight is 235 g/mol. The van der Waals surface area contributed by atoms with Gasteiger partial charge in [-0.1, -0.05) is 6.92 Å². The Morgan fingerprint density at radius 3 is 2.94 bits per heavy atom. The first-order chi connectivity index (χ1) is 7.72. The van der Waals surface area contributed by atoms with Gasteiger partial charge in [0.2, 0.25) is 0 Å². The van der Waals surface area contributed by atoms with Gasteiger partial charge in [-0.2, -0.15) is 16.4 Å². The number of nitrogens with two attached hydrogens (primary N) is 1. The van der Waals surface area contributed by atoms with Crippen molar-refractivity contribution in [1.82, 2.24) is 9.78 Å². The molecule has 0 amide bonds. The van der Waals surface area contributed by atoms with Gasteiger partial charge in [-0.05, 0) is 35.2 Å². The Kier molecular flexibility index (Phi) is 3.41. The zero-order chi connectivity index (χ0) is 11.5. The lowest BCUT2D eigenvalue weighted by Crippen LogP contribution is -2.11. The summed E-state index contributed by atoms with van der Waals surface area (Å²) < 4.78 is 1.96. The fourth-order valence-electron chi connectivity index (χ4n) is 1.76. The Hall–Kier alpha value is -1.13. The fourth-order valence-corrected chi connectivity index (χ4v) is 2.65. The van der Waals surface area contributed by atoms with Crippen molar-refractivity contribution >= 4 is 11.3 Å². The smallest absolute Gasteiger partial charge is 0.0593 e. The number of rotatable bonds is 4. The van der Waals surface area contributed by atoms with Gasteiger partial charge in [0.1, 0.15) is 0 Å². The van der Waals surface area contributed by atoms with Crippen LogP contribution in [0.5, 0.6) is 0 Å². The fraction of sp³-hybridized carbons (Fsp3) is 0.417. The summed E-state index contributed by atoms with van der Waals surface area (Å²) >= 11 is 1.70. The van der Waals surface area contributed by atoms with Crippen LogP contribution in [0.4, 0.5) is 0 Å². The highest BCUT2D eigenvalue weighted by atomic mass is 32.1. The molecule has 2 rings (SSSR count). The van der Waals surface area contributed by atoms with E-state index < -0.39 is 0 Å². The van der Waals surface area contributed by atoms with Gasteiger partial charge in [0.15, 0.2) is 0 Å². The van der Waals surface area contributed by atoms with Gasteiger partial charge >= 0.3 is 0 Å². The maximum Gasteiger partial charge on any atom is 0.0593 e. The van der Waals surface area contributed by atoms with Gasteiger partial charge in [0.25, 0.3) is 0 Å². The number of hydrogen-bond donors (Lipinski definition) is 1. The quantitative estimate of drug-likeness (QED) is 0.885. The number of aryl methyl sites for hydroxylation is 2. The lowest BCUT2D eigenvalue weighted by Gasteiger charge is -2.08. The van der Waals surface area contributed by atoms with E-state index in [2.05, 4.69) is 29.7 Å². The van der Waals surface area contributed by atoms with Crippen molar-refractivity contribution in [2.75, 3.05) is 0 Å². The lowest BCUT2D eigenvalue weighted by atomic mass is 10.0. The summed E-state index contributed by atoms with van der Waals surface area (Å²) in [5.41, 5.74) is 9.79. The molecule has 0 aliphatic rings. The van der Waals surface area contributed by atoms with E-state index in [1.807, 2.05) is 17.1 Å². The summed E-state index contributed by atoms with van der Waals surface area (Å²) in [6.45, 7) is 5.20. The van der Waals surface area contributed by atoms with E-state index in [0.29, 0.717) is 0 Å². The van der Waals surface area contributed by atoms with Crippen molar-refractivity contribution in [2.24, 2.45) is 5.73 Å². The molecule has 2 N–H and O–H groups in total. The largest absolute Gasteiger partial charge is 0.320 e. The monoisotopic (exact) mass is 235 g/mol. The Balaban J connectivity index is 2.20. The molecule has 0 bridgehead atoms. The van der Waals surface area contributed by atoms with Crippen LogP contribution < -0.4 is 5.73 Å². The minimum absolute atomic E-state index is 0.0446. The van der Waals surface area contributed by atoms with Gasteiger partial charge in [0.05, 0.1) is 12.2 Å². The van der Waals surface area contributed by atoms with Crippen LogP contribution in [-0.2, 0) is 6.54 Å². The Labute approximate surface area is 99.9 Å². The van der Waals surface area contributed by atoms with E-state index in [0.717, 1.165) is 18.5 Å². The highest BCUT2D eigenvalue weighted by Crippen LogP contribution is 2.25. The van der Waals surface area contributed by atoms with Crippen molar-refractivity contribution < 1.29 is 0 Å². The van der Waals surface area contributed by atoms with Gasteiger partial charge < -0.3 is 5.73 Å². The van der Waals surface area contributed by atoms with E-state index in [4.69, 9.17) is 5.73 Å². The maximum atomic E-state index is 6.22. The topological polar surface area (TPSA) is 43.8 Å². The highest BCUT2D eigenvalue weighted by Gasteiger charge is 2.13. The zero-order valence-electron chi connectivity index (χ0n) is 9.68. The van der Waals surface area contributed by atoms with Gasteiger partial charge in [0, 0.05) is 18.3 Å². The molecule has 4 heteroatoms. The summed E-state index contributed by atoms with van der Waals surface area (Å²) in [6, 6.07) is -0.0446. The van der Waals surface area contributed by atoms with E-state index in [9.17, 15) is 0 Å². The van der Waals surface area contributed by atoms with Crippen LogP contribution >= 0.6 is 11.3 Å². The van der Waals surface area contributed by atoms with Gasteiger partial charge in [-0.15, -0.1) is 0 Å². The summed E-state index contributed by atoms with van der Waals surface area (Å²) in [4.78, 5) is 0. The van der Waals surface area contributed by atoms with Crippen LogP contribution in [0, 0.1) is 6.92 Å². The third-order valence-electron chi connectivity index (χ3n) is 2.70. The Morgan fingerprint density at radius 1 is 1.50 bits per heavy atom. The standard InChI is InChI=1S/C12H17N3S/c1-3-4-15-6-10(5-14-15)12(13)11-8-16-7-9(11)2/h5-8,12H,3-4,13H2,1-2H3. The SMILES string of the molecule is CCCn1cc(C(N)c2cscc2C)cn1. The number of thiophene rings is 1. The second-order valence-electron chi connectivity index (χ2n) is 4.02. The van der Waals surface area contributed by atoms with Crippen LogP contribution in [0.25, 0.3) is 0 Å². The third-order valence-corrected chi connectivity index (χ3v) is 3.57. The minimum atomic E-state index is -0.0446. The first kappa shape index (κ1) is 11.4. The molecule has 0 radical (unpaired) electrons. The van der Waals surface area contributed by atoms with Crippen molar-refractivity contribution in [2.45, 2.75) is 32.9 Å². The van der Waals surface area contributed by atoms with Crippen molar-refractivity contribution in [3.05, 3.63) is 39.8 Å². The van der Waals surface area contributed by atoms with Gasteiger partial charge in [-0.3, -0.25) is 4.68 Å². The Bertz CT molecular complexity index is 458. The molecule has 3 nitrogen and oxygen atoms in total. The molecular weight excluding hydrogens is 218 g/mol. The van der Waals surface area contributed by atoms with Crippen molar-refractivity contribution in [1.29, 1.82) is 0 Å². The van der Waals surface area contributed by atoms with Crippen LogP contribution in [-0.4, -0.2) is 9.78 Å². The molecule has 0 saturated carbocycles. The molecule has 86 valence electrons. The predicted octanol–water partition coefficient (Wildman–Crippen LogP) is 2.71. The minimum Gasteiger partial charge on any atom is -0.320 e. The summed E-state index contributed by atoms with van der Waals surface area (Å²) in [6.07, 6.45) is 5.01. The molecule has 0 spiro atoms. The molecule has 2 aromatic heterocycles. The molecule has 2 heterocycles. The van der Waals surface area contributed by atoms with Crippen molar-refractivity contribution in [3.63, 3.8) is 0 Å². The molecule has 2 aromatic rings. The van der Waals surface area contributed by atoms with Crippen LogP contribution in [0.2, 0.25) is 0 Å². The van der Waals surface area contributed by atoms with E-state index in [-0.39, 0.29) is 6.04 Å². The maximum absolute atomic E-state index is 6.22. The third kappa shape index (κ3) is 2.18. The summed E-state index contributed by atoms with van der Waals surface area (Å²) in [5, 5.41) is 8.56. The molecule has 0 aromatic carbocycles. The number of aromatic nitrogens is 2. The number of hydrogen-bond acceptors (Lipinski definition) is 3. The number of nitrogens with zero attached hydrogens (tertiary/aromatic N) is 2. The van der Waals surface area contributed by atoms with Crippen molar-refractivity contribution in [3.8, 4) is 0 Å². The first-order valence-electron chi connectivity index (χ1n) is 5.53. The second-order valence-corrected chi connectivity index (χ2v) is 4.77. The average Bonchev–Trinajstić information content (AvgIpc) is 2.87. The molecule has 1 atom stereocenters. The van der Waals surface area contributed by atoms with Crippen LogP contribution in [0.15, 0.2) is 23.2 Å². The Morgan fingerprint density at radius 2 is 2.31 bits per heavy atom. The van der Waals surface area contributed by atoms with Crippen LogP contribution in [0.3, 0.4) is 0 Å². The summed E-state index contributed by atoms with van der Waals surface area (Å²) in [5.74, 6) is 0. The molecule has 0 saturated heterocycles. The molecule has 16 heavy (non-hydrogen) atoms. The molecule has 0 aliphatic heterocycles. The normalized spacial score (nSPS) is 12.9. The van der Waals surface area contributed by atoms with E-state index in [1.165, 1.54) is 11.1 Å². The summed E-state index contributed by atoms with van der Waals surface area (Å²) in [7, 11) is 0. The van der Waals surface area contributed by atoms with Crippen LogP contribution in [0.1, 0.15) is 36.1 Å².